The van der Waals surface area contributed by atoms with Crippen LogP contribution in [0, 0.1) is 11.8 Å². The second-order valence-corrected chi connectivity index (χ2v) is 6.35. The molecule has 1 aromatic heterocycles. The summed E-state index contributed by atoms with van der Waals surface area (Å²) in [4.78, 5) is 14.8. The van der Waals surface area contributed by atoms with E-state index >= 15 is 0 Å². The van der Waals surface area contributed by atoms with Gasteiger partial charge in [0.05, 0.1) is 17.5 Å². The van der Waals surface area contributed by atoms with Crippen molar-refractivity contribution in [1.29, 1.82) is 0 Å². The Hall–Kier alpha value is -1.36. The Kier molecular flexibility index (Phi) is 3.54. The maximum absolute atomic E-state index is 12.8. The largest absolute Gasteiger partial charge is 0.335 e. The van der Waals surface area contributed by atoms with Gasteiger partial charge in [-0.3, -0.25) is 9.48 Å². The van der Waals surface area contributed by atoms with E-state index in [1.165, 1.54) is 0 Å². The van der Waals surface area contributed by atoms with Gasteiger partial charge < -0.3 is 10.6 Å². The predicted octanol–water partition coefficient (Wildman–Crippen LogP) is 1.27. The number of rotatable bonds is 2. The molecule has 20 heavy (non-hydrogen) atoms. The van der Waals surface area contributed by atoms with Gasteiger partial charge in [0.25, 0.3) is 5.91 Å². The van der Waals surface area contributed by atoms with Crippen LogP contribution in [0.2, 0.25) is 0 Å². The van der Waals surface area contributed by atoms with Crippen LogP contribution in [0.1, 0.15) is 42.7 Å². The van der Waals surface area contributed by atoms with E-state index in [0.717, 1.165) is 43.6 Å². The number of nitrogens with two attached hydrogens (primary N) is 1. The van der Waals surface area contributed by atoms with Crippen LogP contribution in [0.3, 0.4) is 0 Å². The van der Waals surface area contributed by atoms with Crippen LogP contribution >= 0.6 is 0 Å². The number of aromatic nitrogens is 2. The minimum Gasteiger partial charge on any atom is -0.335 e. The Labute approximate surface area is 120 Å². The van der Waals surface area contributed by atoms with Crippen LogP contribution < -0.4 is 5.73 Å². The molecule has 1 fully saturated rings. The predicted molar refractivity (Wildman–Crippen MR) is 77.4 cm³/mol. The van der Waals surface area contributed by atoms with Crippen molar-refractivity contribution in [1.82, 2.24) is 14.7 Å². The van der Waals surface area contributed by atoms with Crippen LogP contribution in [0.15, 0.2) is 6.20 Å². The van der Waals surface area contributed by atoms with Crippen molar-refractivity contribution < 1.29 is 4.79 Å². The number of piperidine rings is 1. The van der Waals surface area contributed by atoms with Crippen LogP contribution in [0.25, 0.3) is 0 Å². The summed E-state index contributed by atoms with van der Waals surface area (Å²) in [6.45, 7) is 6.77. The summed E-state index contributed by atoms with van der Waals surface area (Å²) in [7, 11) is 0. The van der Waals surface area contributed by atoms with E-state index in [4.69, 9.17) is 5.73 Å². The second kappa shape index (κ2) is 5.20. The molecule has 2 N–H and O–H groups in total. The molecule has 0 saturated carbocycles. The highest BCUT2D eigenvalue weighted by Crippen LogP contribution is 2.29. The third kappa shape index (κ3) is 2.14. The quantitative estimate of drug-likeness (QED) is 0.885. The molecule has 0 spiro atoms. The van der Waals surface area contributed by atoms with Gasteiger partial charge in [-0.25, -0.2) is 0 Å². The number of nitrogens with zero attached hydrogens (tertiary/aromatic N) is 3. The van der Waals surface area contributed by atoms with Crippen molar-refractivity contribution in [2.24, 2.45) is 17.6 Å². The molecule has 3 unspecified atom stereocenters. The van der Waals surface area contributed by atoms with Crippen molar-refractivity contribution >= 4 is 5.91 Å². The summed E-state index contributed by atoms with van der Waals surface area (Å²) in [5.41, 5.74) is 7.78. The standard InChI is InChI=1S/C15H24N4O/c1-10-6-11(2)18(9-12(10)7-16)15(20)13-8-17-19-5-3-4-14(13)19/h8,10-12H,3-7,9,16H2,1-2H3. The van der Waals surface area contributed by atoms with E-state index in [1.54, 1.807) is 6.20 Å². The van der Waals surface area contributed by atoms with Gasteiger partial charge in [-0.2, -0.15) is 5.10 Å². The smallest absolute Gasteiger partial charge is 0.257 e. The summed E-state index contributed by atoms with van der Waals surface area (Å²) in [6, 6.07) is 0.289. The lowest BCUT2D eigenvalue weighted by Crippen LogP contribution is -2.50. The van der Waals surface area contributed by atoms with Gasteiger partial charge in [0.2, 0.25) is 0 Å². The number of aryl methyl sites for hydroxylation is 1. The van der Waals surface area contributed by atoms with Crippen molar-refractivity contribution in [2.45, 2.75) is 45.7 Å². The summed E-state index contributed by atoms with van der Waals surface area (Å²) in [6.07, 6.45) is 4.86. The van der Waals surface area contributed by atoms with E-state index in [-0.39, 0.29) is 11.9 Å². The Morgan fingerprint density at radius 3 is 3.05 bits per heavy atom. The van der Waals surface area contributed by atoms with E-state index in [0.29, 0.717) is 18.4 Å². The minimum atomic E-state index is 0.144. The van der Waals surface area contributed by atoms with Gasteiger partial charge in [-0.1, -0.05) is 6.92 Å². The first-order chi connectivity index (χ1) is 9.61. The summed E-state index contributed by atoms with van der Waals surface area (Å²) < 4.78 is 1.98. The zero-order valence-electron chi connectivity index (χ0n) is 12.4. The number of hydrogen-bond donors (Lipinski definition) is 1. The Balaban J connectivity index is 1.82. The Morgan fingerprint density at radius 1 is 1.50 bits per heavy atom. The van der Waals surface area contributed by atoms with Crippen LogP contribution in [0.4, 0.5) is 0 Å². The molecule has 3 rings (SSSR count). The van der Waals surface area contributed by atoms with Crippen molar-refractivity contribution in [2.75, 3.05) is 13.1 Å². The first kappa shape index (κ1) is 13.6. The number of likely N-dealkylation sites (tertiary alicyclic amines) is 1. The van der Waals surface area contributed by atoms with Gasteiger partial charge in [0.1, 0.15) is 0 Å². The zero-order chi connectivity index (χ0) is 14.3. The Bertz CT molecular complexity index is 510. The van der Waals surface area contributed by atoms with Crippen molar-refractivity contribution in [3.05, 3.63) is 17.5 Å². The van der Waals surface area contributed by atoms with Gasteiger partial charge >= 0.3 is 0 Å². The third-order valence-corrected chi connectivity index (χ3v) is 5.01. The summed E-state index contributed by atoms with van der Waals surface area (Å²) in [5, 5.41) is 4.34. The molecule has 0 aliphatic carbocycles. The highest BCUT2D eigenvalue weighted by Gasteiger charge is 2.35. The lowest BCUT2D eigenvalue weighted by atomic mass is 9.83. The van der Waals surface area contributed by atoms with E-state index < -0.39 is 0 Å². The molecule has 3 heterocycles. The molecule has 110 valence electrons. The maximum Gasteiger partial charge on any atom is 0.257 e. The van der Waals surface area contributed by atoms with Crippen molar-refractivity contribution in [3.63, 3.8) is 0 Å². The normalized spacial score (nSPS) is 29.6. The fraction of sp³-hybridized carbons (Fsp3) is 0.733. The SMILES string of the molecule is CC1CC(C)N(C(=O)c2cnn3c2CCC3)CC1CN. The van der Waals surface area contributed by atoms with Gasteiger partial charge in [-0.05, 0) is 44.6 Å². The molecule has 3 atom stereocenters. The highest BCUT2D eigenvalue weighted by molar-refractivity contribution is 5.95. The number of carbonyl (C=O) groups is 1. The molecule has 1 aromatic rings. The third-order valence-electron chi connectivity index (χ3n) is 5.01. The second-order valence-electron chi connectivity index (χ2n) is 6.35. The molecular formula is C15H24N4O. The number of carbonyl (C=O) groups excluding carboxylic acids is 1. The average Bonchev–Trinajstić information content (AvgIpc) is 3.00. The van der Waals surface area contributed by atoms with E-state index in [9.17, 15) is 4.79 Å². The molecular weight excluding hydrogens is 252 g/mol. The fourth-order valence-corrected chi connectivity index (χ4v) is 3.66. The molecule has 2 aliphatic rings. The molecule has 0 radical (unpaired) electrons. The van der Waals surface area contributed by atoms with Gasteiger partial charge in [0, 0.05) is 19.1 Å². The summed E-state index contributed by atoms with van der Waals surface area (Å²) >= 11 is 0. The number of fused-ring (bicyclic) bond motifs is 1. The van der Waals surface area contributed by atoms with Crippen LogP contribution in [0.5, 0.6) is 0 Å². The van der Waals surface area contributed by atoms with E-state index in [1.807, 2.05) is 9.58 Å². The lowest BCUT2D eigenvalue weighted by Gasteiger charge is -2.41. The minimum absolute atomic E-state index is 0.144. The number of hydrogen-bond acceptors (Lipinski definition) is 3. The highest BCUT2D eigenvalue weighted by atomic mass is 16.2. The molecule has 0 bridgehead atoms. The molecule has 0 aromatic carbocycles. The molecule has 1 amide bonds. The van der Waals surface area contributed by atoms with Crippen LogP contribution in [-0.2, 0) is 13.0 Å². The van der Waals surface area contributed by atoms with Crippen LogP contribution in [-0.4, -0.2) is 39.7 Å². The van der Waals surface area contributed by atoms with Gasteiger partial charge in [0.15, 0.2) is 0 Å². The molecule has 5 nitrogen and oxygen atoms in total. The number of amides is 1. The first-order valence-corrected chi connectivity index (χ1v) is 7.67. The molecule has 2 aliphatic heterocycles. The van der Waals surface area contributed by atoms with Crippen molar-refractivity contribution in [3.8, 4) is 0 Å². The zero-order valence-corrected chi connectivity index (χ0v) is 12.4. The maximum atomic E-state index is 12.8. The van der Waals surface area contributed by atoms with E-state index in [2.05, 4.69) is 18.9 Å². The monoisotopic (exact) mass is 276 g/mol. The molecule has 1 saturated heterocycles. The topological polar surface area (TPSA) is 64.2 Å². The molecule has 5 heteroatoms. The first-order valence-electron chi connectivity index (χ1n) is 7.67. The van der Waals surface area contributed by atoms with Gasteiger partial charge in [-0.15, -0.1) is 0 Å². The lowest BCUT2D eigenvalue weighted by molar-refractivity contribution is 0.0468. The summed E-state index contributed by atoms with van der Waals surface area (Å²) in [5.74, 6) is 1.15. The fourth-order valence-electron chi connectivity index (χ4n) is 3.66. The Morgan fingerprint density at radius 2 is 2.30 bits per heavy atom. The average molecular weight is 276 g/mol.